The molecule has 0 spiro atoms. The number of aromatic nitrogens is 1. The number of carbonyl (C=O) groups is 2. The van der Waals surface area contributed by atoms with E-state index in [0.29, 0.717) is 38.3 Å². The van der Waals surface area contributed by atoms with E-state index in [0.717, 1.165) is 16.7 Å². The molecule has 1 aliphatic rings. The van der Waals surface area contributed by atoms with Crippen LogP contribution >= 0.6 is 0 Å². The number of amides is 2. The smallest absolute Gasteiger partial charge is 0.272 e. The Morgan fingerprint density at radius 2 is 1.69 bits per heavy atom. The summed E-state index contributed by atoms with van der Waals surface area (Å²) in [7, 11) is 0. The molecule has 0 N–H and O–H groups in total. The van der Waals surface area contributed by atoms with Crippen molar-refractivity contribution in [1.82, 2.24) is 14.8 Å². The second-order valence-corrected chi connectivity index (χ2v) is 8.00. The lowest BCUT2D eigenvalue weighted by Gasteiger charge is -2.23. The molecule has 2 aromatic carbocycles. The van der Waals surface area contributed by atoms with E-state index in [1.165, 1.54) is 0 Å². The minimum Gasteiger partial charge on any atom is -0.337 e. The second-order valence-electron chi connectivity index (χ2n) is 8.00. The van der Waals surface area contributed by atoms with Crippen molar-refractivity contribution in [1.29, 1.82) is 0 Å². The van der Waals surface area contributed by atoms with Crippen LogP contribution in [0, 0.1) is 5.92 Å². The standard InChI is InChI=1S/C27H27N3O2/c1-2-16-29-17-18-30(27(32)25-10-6-7-15-28-25)20-24(26(29)31)19-21-11-13-23(14-12-21)22-8-4-3-5-9-22/h2-15,24H,1,16-20H2/t24-/m0/s1. The van der Waals surface area contributed by atoms with Crippen LogP contribution in [0.3, 0.4) is 0 Å². The molecule has 0 unspecified atom stereocenters. The van der Waals surface area contributed by atoms with Gasteiger partial charge in [0.05, 0.1) is 5.92 Å². The lowest BCUT2D eigenvalue weighted by Crippen LogP contribution is -2.38. The minimum atomic E-state index is -0.312. The van der Waals surface area contributed by atoms with E-state index in [1.807, 2.05) is 18.2 Å². The Balaban J connectivity index is 1.54. The van der Waals surface area contributed by atoms with E-state index in [9.17, 15) is 9.59 Å². The Hall–Kier alpha value is -3.73. The van der Waals surface area contributed by atoms with Gasteiger partial charge in [0, 0.05) is 32.4 Å². The van der Waals surface area contributed by atoms with Gasteiger partial charge in [-0.25, -0.2) is 0 Å². The van der Waals surface area contributed by atoms with Gasteiger partial charge in [-0.05, 0) is 35.2 Å². The molecule has 1 fully saturated rings. The van der Waals surface area contributed by atoms with Crippen molar-refractivity contribution in [3.63, 3.8) is 0 Å². The van der Waals surface area contributed by atoms with E-state index in [1.54, 1.807) is 40.3 Å². The average molecular weight is 426 g/mol. The number of rotatable bonds is 6. The monoisotopic (exact) mass is 425 g/mol. The molecule has 0 bridgehead atoms. The number of nitrogens with zero attached hydrogens (tertiary/aromatic N) is 3. The maximum absolute atomic E-state index is 13.3. The molecule has 2 amide bonds. The Kier molecular flexibility index (Phi) is 6.75. The SMILES string of the molecule is C=CCN1CCN(C(=O)c2ccccn2)C[C@H](Cc2ccc(-c3ccccc3)cc2)C1=O. The zero-order chi connectivity index (χ0) is 22.3. The van der Waals surface area contributed by atoms with Crippen molar-refractivity contribution in [3.05, 3.63) is 103 Å². The fraction of sp³-hybridized carbons (Fsp3) is 0.222. The van der Waals surface area contributed by atoms with Gasteiger partial charge in [0.15, 0.2) is 0 Å². The normalized spacial score (nSPS) is 16.5. The van der Waals surface area contributed by atoms with Gasteiger partial charge in [-0.1, -0.05) is 66.7 Å². The summed E-state index contributed by atoms with van der Waals surface area (Å²) < 4.78 is 0. The molecule has 1 aliphatic heterocycles. The van der Waals surface area contributed by atoms with Gasteiger partial charge in [-0.3, -0.25) is 14.6 Å². The number of carbonyl (C=O) groups excluding carboxylic acids is 2. The third-order valence-corrected chi connectivity index (χ3v) is 5.81. The molecule has 162 valence electrons. The first-order valence-electron chi connectivity index (χ1n) is 10.9. The Morgan fingerprint density at radius 1 is 0.969 bits per heavy atom. The molecule has 0 aliphatic carbocycles. The maximum atomic E-state index is 13.3. The highest BCUT2D eigenvalue weighted by Crippen LogP contribution is 2.22. The van der Waals surface area contributed by atoms with Crippen LogP contribution in [0.15, 0.2) is 91.6 Å². The van der Waals surface area contributed by atoms with Crippen molar-refractivity contribution in [2.45, 2.75) is 6.42 Å². The van der Waals surface area contributed by atoms with Crippen molar-refractivity contribution in [3.8, 4) is 11.1 Å². The maximum Gasteiger partial charge on any atom is 0.272 e. The molecule has 3 aromatic rings. The largest absolute Gasteiger partial charge is 0.337 e. The molecule has 0 saturated carbocycles. The highest BCUT2D eigenvalue weighted by molar-refractivity contribution is 5.93. The predicted octanol–water partition coefficient (Wildman–Crippen LogP) is 4.08. The lowest BCUT2D eigenvalue weighted by atomic mass is 9.95. The summed E-state index contributed by atoms with van der Waals surface area (Å²) in [5.41, 5.74) is 3.78. The molecule has 0 radical (unpaired) electrons. The predicted molar refractivity (Wildman–Crippen MR) is 126 cm³/mol. The molecular weight excluding hydrogens is 398 g/mol. The van der Waals surface area contributed by atoms with Crippen molar-refractivity contribution in [2.75, 3.05) is 26.2 Å². The third kappa shape index (κ3) is 4.94. The number of benzene rings is 2. The van der Waals surface area contributed by atoms with Gasteiger partial charge in [-0.15, -0.1) is 6.58 Å². The molecule has 1 aromatic heterocycles. The summed E-state index contributed by atoms with van der Waals surface area (Å²) in [5.74, 6) is -0.385. The Morgan fingerprint density at radius 3 is 2.38 bits per heavy atom. The second kappa shape index (κ2) is 10.1. The molecule has 1 saturated heterocycles. The van der Waals surface area contributed by atoms with Crippen LogP contribution in [0.1, 0.15) is 16.1 Å². The Bertz CT molecular complexity index is 1070. The van der Waals surface area contributed by atoms with E-state index in [-0.39, 0.29) is 17.7 Å². The topological polar surface area (TPSA) is 53.5 Å². The average Bonchev–Trinajstić information content (AvgIpc) is 3.00. The molecule has 2 heterocycles. The van der Waals surface area contributed by atoms with Crippen molar-refractivity contribution < 1.29 is 9.59 Å². The minimum absolute atomic E-state index is 0.0633. The molecular formula is C27H27N3O2. The number of pyridine rings is 1. The van der Waals surface area contributed by atoms with Gasteiger partial charge >= 0.3 is 0 Å². The van der Waals surface area contributed by atoms with Crippen LogP contribution in [0.2, 0.25) is 0 Å². The zero-order valence-electron chi connectivity index (χ0n) is 18.1. The van der Waals surface area contributed by atoms with Gasteiger partial charge in [0.25, 0.3) is 5.91 Å². The first-order chi connectivity index (χ1) is 15.7. The molecule has 32 heavy (non-hydrogen) atoms. The lowest BCUT2D eigenvalue weighted by molar-refractivity contribution is -0.134. The van der Waals surface area contributed by atoms with E-state index >= 15 is 0 Å². The molecule has 5 nitrogen and oxygen atoms in total. The van der Waals surface area contributed by atoms with Gasteiger partial charge in [-0.2, -0.15) is 0 Å². The molecule has 5 heteroatoms. The van der Waals surface area contributed by atoms with E-state index < -0.39 is 0 Å². The van der Waals surface area contributed by atoms with Crippen molar-refractivity contribution >= 4 is 11.8 Å². The summed E-state index contributed by atoms with van der Waals surface area (Å²) in [5, 5.41) is 0. The fourth-order valence-electron chi connectivity index (χ4n) is 4.12. The van der Waals surface area contributed by atoms with Gasteiger partial charge in [0.1, 0.15) is 5.69 Å². The van der Waals surface area contributed by atoms with Crippen LogP contribution < -0.4 is 0 Å². The van der Waals surface area contributed by atoms with Crippen LogP contribution in [-0.2, 0) is 11.2 Å². The first kappa shape index (κ1) is 21.5. The Labute approximate surface area is 189 Å². The zero-order valence-corrected chi connectivity index (χ0v) is 18.1. The highest BCUT2D eigenvalue weighted by Gasteiger charge is 2.32. The number of hydrogen-bond donors (Lipinski definition) is 0. The fourth-order valence-corrected chi connectivity index (χ4v) is 4.12. The van der Waals surface area contributed by atoms with E-state index in [2.05, 4.69) is 48.0 Å². The summed E-state index contributed by atoms with van der Waals surface area (Å²) in [4.78, 5) is 34.0. The van der Waals surface area contributed by atoms with Gasteiger partial charge < -0.3 is 9.80 Å². The van der Waals surface area contributed by atoms with Crippen LogP contribution in [0.4, 0.5) is 0 Å². The van der Waals surface area contributed by atoms with Crippen LogP contribution in [-0.4, -0.2) is 52.8 Å². The molecule has 1 atom stereocenters. The summed E-state index contributed by atoms with van der Waals surface area (Å²) in [6, 6.07) is 23.8. The third-order valence-electron chi connectivity index (χ3n) is 5.81. The molecule has 4 rings (SSSR count). The summed E-state index contributed by atoms with van der Waals surface area (Å²) >= 11 is 0. The summed E-state index contributed by atoms with van der Waals surface area (Å²) in [6.07, 6.45) is 3.93. The summed E-state index contributed by atoms with van der Waals surface area (Å²) in [6.45, 7) is 5.62. The highest BCUT2D eigenvalue weighted by atomic mass is 16.2. The van der Waals surface area contributed by atoms with Crippen LogP contribution in [0.5, 0.6) is 0 Å². The van der Waals surface area contributed by atoms with E-state index in [4.69, 9.17) is 0 Å². The quantitative estimate of drug-likeness (QED) is 0.559. The van der Waals surface area contributed by atoms with Crippen molar-refractivity contribution in [2.24, 2.45) is 5.92 Å². The van der Waals surface area contributed by atoms with Crippen LogP contribution in [0.25, 0.3) is 11.1 Å². The van der Waals surface area contributed by atoms with Gasteiger partial charge in [0.2, 0.25) is 5.91 Å². The number of hydrogen-bond acceptors (Lipinski definition) is 3. The first-order valence-corrected chi connectivity index (χ1v) is 10.9.